The fourth-order valence-corrected chi connectivity index (χ4v) is 2.40. The quantitative estimate of drug-likeness (QED) is 0.836. The Kier molecular flexibility index (Phi) is 4.66. The second kappa shape index (κ2) is 6.25. The first-order valence-electron chi connectivity index (χ1n) is 5.95. The highest BCUT2D eigenvalue weighted by Gasteiger charge is 2.25. The molecule has 102 valence electrons. The first-order chi connectivity index (χ1) is 9.06. The van der Waals surface area contributed by atoms with Gasteiger partial charge < -0.3 is 5.32 Å². The molecule has 2 rings (SSSR count). The smallest absolute Gasteiger partial charge is 0.321 e. The maximum absolute atomic E-state index is 11.8. The van der Waals surface area contributed by atoms with Crippen molar-refractivity contribution in [2.75, 3.05) is 0 Å². The van der Waals surface area contributed by atoms with Crippen LogP contribution >= 0.6 is 23.4 Å². The van der Waals surface area contributed by atoms with Gasteiger partial charge in [0.15, 0.2) is 0 Å². The van der Waals surface area contributed by atoms with Crippen LogP contribution in [0.3, 0.4) is 0 Å². The molecule has 1 aliphatic carbocycles. The van der Waals surface area contributed by atoms with Gasteiger partial charge in [-0.25, -0.2) is 9.78 Å². The van der Waals surface area contributed by atoms with Crippen LogP contribution in [0, 0.1) is 0 Å². The zero-order valence-electron chi connectivity index (χ0n) is 10.4. The summed E-state index contributed by atoms with van der Waals surface area (Å²) >= 11 is 7.18. The molecule has 0 radical (unpaired) electrons. The van der Waals surface area contributed by atoms with Gasteiger partial charge in [-0.1, -0.05) is 23.4 Å². The molecule has 7 heteroatoms. The standard InChI is InChI=1S/C12H14ClN3O2S/c1-7(19-11-9(13)3-2-6-14-11)10(17)16-12(18)15-8-4-5-8/h2-3,6-8H,4-5H2,1H3,(H2,15,16,17,18). The highest BCUT2D eigenvalue weighted by Crippen LogP contribution is 2.27. The summed E-state index contributed by atoms with van der Waals surface area (Å²) in [6.45, 7) is 1.70. The van der Waals surface area contributed by atoms with E-state index >= 15 is 0 Å². The summed E-state index contributed by atoms with van der Waals surface area (Å²) in [5, 5.41) is 5.63. The zero-order valence-corrected chi connectivity index (χ0v) is 11.9. The number of imide groups is 1. The number of nitrogens with zero attached hydrogens (tertiary/aromatic N) is 1. The molecule has 1 saturated carbocycles. The van der Waals surface area contributed by atoms with Crippen LogP contribution in [-0.4, -0.2) is 28.2 Å². The van der Waals surface area contributed by atoms with Crippen molar-refractivity contribution in [2.24, 2.45) is 0 Å². The summed E-state index contributed by atoms with van der Waals surface area (Å²) in [4.78, 5) is 27.3. The topological polar surface area (TPSA) is 71.1 Å². The SMILES string of the molecule is CC(Sc1ncccc1Cl)C(=O)NC(=O)NC1CC1. The molecule has 1 aromatic rings. The lowest BCUT2D eigenvalue weighted by Crippen LogP contribution is -2.43. The van der Waals surface area contributed by atoms with Crippen molar-refractivity contribution in [1.29, 1.82) is 0 Å². The molecule has 0 saturated heterocycles. The van der Waals surface area contributed by atoms with Crippen molar-refractivity contribution in [1.82, 2.24) is 15.6 Å². The second-order valence-corrected chi connectivity index (χ2v) is 6.02. The van der Waals surface area contributed by atoms with Gasteiger partial charge in [0.1, 0.15) is 5.03 Å². The van der Waals surface area contributed by atoms with E-state index in [2.05, 4.69) is 15.6 Å². The van der Waals surface area contributed by atoms with Crippen molar-refractivity contribution in [3.05, 3.63) is 23.4 Å². The Bertz CT molecular complexity index is 494. The third-order valence-electron chi connectivity index (χ3n) is 2.53. The number of rotatable bonds is 4. The third-order valence-corrected chi connectivity index (χ3v) is 4.06. The lowest BCUT2D eigenvalue weighted by atomic mass is 10.4. The van der Waals surface area contributed by atoms with E-state index in [-0.39, 0.29) is 11.9 Å². The predicted molar refractivity (Wildman–Crippen MR) is 74.3 cm³/mol. The molecule has 1 unspecified atom stereocenters. The molecule has 0 bridgehead atoms. The largest absolute Gasteiger partial charge is 0.335 e. The van der Waals surface area contributed by atoms with E-state index in [1.54, 1.807) is 25.3 Å². The van der Waals surface area contributed by atoms with Crippen LogP contribution in [0.15, 0.2) is 23.4 Å². The Hall–Kier alpha value is -1.27. The number of urea groups is 1. The number of nitrogens with one attached hydrogen (secondary N) is 2. The average molecular weight is 300 g/mol. The summed E-state index contributed by atoms with van der Waals surface area (Å²) in [5.74, 6) is -0.357. The molecule has 1 heterocycles. The van der Waals surface area contributed by atoms with Crippen LogP contribution in [0.5, 0.6) is 0 Å². The molecular weight excluding hydrogens is 286 g/mol. The van der Waals surface area contributed by atoms with Gasteiger partial charge in [-0.3, -0.25) is 10.1 Å². The highest BCUT2D eigenvalue weighted by atomic mass is 35.5. The predicted octanol–water partition coefficient (Wildman–Crippen LogP) is 2.20. The number of hydrogen-bond donors (Lipinski definition) is 2. The van der Waals surface area contributed by atoms with E-state index in [4.69, 9.17) is 11.6 Å². The van der Waals surface area contributed by atoms with Gasteiger partial charge >= 0.3 is 6.03 Å². The van der Waals surface area contributed by atoms with Crippen LogP contribution in [-0.2, 0) is 4.79 Å². The van der Waals surface area contributed by atoms with Crippen molar-refractivity contribution >= 4 is 35.3 Å². The summed E-state index contributed by atoms with van der Waals surface area (Å²) in [5.41, 5.74) is 0. The van der Waals surface area contributed by atoms with Gasteiger partial charge in [0, 0.05) is 12.2 Å². The van der Waals surface area contributed by atoms with Crippen LogP contribution in [0.25, 0.3) is 0 Å². The van der Waals surface area contributed by atoms with Gasteiger partial charge in [0.2, 0.25) is 5.91 Å². The molecule has 0 spiro atoms. The minimum atomic E-state index is -0.447. The Morgan fingerprint density at radius 3 is 2.89 bits per heavy atom. The molecule has 1 aliphatic rings. The highest BCUT2D eigenvalue weighted by molar-refractivity contribution is 8.00. The molecule has 19 heavy (non-hydrogen) atoms. The van der Waals surface area contributed by atoms with Crippen molar-refractivity contribution in [3.8, 4) is 0 Å². The molecule has 1 atom stereocenters. The molecule has 1 aromatic heterocycles. The van der Waals surface area contributed by atoms with Crippen LogP contribution in [0.2, 0.25) is 5.02 Å². The summed E-state index contributed by atoms with van der Waals surface area (Å²) in [6, 6.07) is 3.22. The Labute approximate surface area is 120 Å². The number of hydrogen-bond acceptors (Lipinski definition) is 4. The van der Waals surface area contributed by atoms with E-state index in [1.165, 1.54) is 11.8 Å². The fourth-order valence-electron chi connectivity index (χ4n) is 1.34. The number of carbonyl (C=O) groups is 2. The monoisotopic (exact) mass is 299 g/mol. The number of halogens is 1. The lowest BCUT2D eigenvalue weighted by Gasteiger charge is -2.11. The van der Waals surface area contributed by atoms with Crippen LogP contribution in [0.4, 0.5) is 4.79 Å². The Balaban J connectivity index is 1.84. The number of carbonyl (C=O) groups excluding carboxylic acids is 2. The first kappa shape index (κ1) is 14.1. The zero-order chi connectivity index (χ0) is 13.8. The number of amides is 3. The van der Waals surface area contributed by atoms with Crippen LogP contribution in [0.1, 0.15) is 19.8 Å². The number of thioether (sulfide) groups is 1. The average Bonchev–Trinajstić information content (AvgIpc) is 3.15. The summed E-state index contributed by atoms with van der Waals surface area (Å²) < 4.78 is 0. The van der Waals surface area contributed by atoms with Gasteiger partial charge in [-0.15, -0.1) is 0 Å². The minimum Gasteiger partial charge on any atom is -0.335 e. The van der Waals surface area contributed by atoms with Crippen molar-refractivity contribution < 1.29 is 9.59 Å². The van der Waals surface area contributed by atoms with Gasteiger partial charge in [0.25, 0.3) is 0 Å². The molecular formula is C12H14ClN3O2S. The Morgan fingerprint density at radius 2 is 2.26 bits per heavy atom. The minimum absolute atomic E-state index is 0.223. The number of aromatic nitrogens is 1. The second-order valence-electron chi connectivity index (χ2n) is 4.29. The molecule has 0 aliphatic heterocycles. The summed E-state index contributed by atoms with van der Waals surface area (Å²) in [7, 11) is 0. The summed E-state index contributed by atoms with van der Waals surface area (Å²) in [6.07, 6.45) is 3.57. The van der Waals surface area contributed by atoms with E-state index in [1.807, 2.05) is 0 Å². The fraction of sp³-hybridized carbons (Fsp3) is 0.417. The van der Waals surface area contributed by atoms with Crippen LogP contribution < -0.4 is 10.6 Å². The molecule has 3 amide bonds. The van der Waals surface area contributed by atoms with E-state index in [0.29, 0.717) is 10.0 Å². The Morgan fingerprint density at radius 1 is 1.53 bits per heavy atom. The van der Waals surface area contributed by atoms with E-state index in [0.717, 1.165) is 12.8 Å². The van der Waals surface area contributed by atoms with Crippen molar-refractivity contribution in [2.45, 2.75) is 36.1 Å². The van der Waals surface area contributed by atoms with Gasteiger partial charge in [0.05, 0.1) is 10.3 Å². The first-order valence-corrected chi connectivity index (χ1v) is 7.20. The van der Waals surface area contributed by atoms with E-state index in [9.17, 15) is 9.59 Å². The number of pyridine rings is 1. The molecule has 0 aromatic carbocycles. The maximum Gasteiger partial charge on any atom is 0.321 e. The maximum atomic E-state index is 11.8. The van der Waals surface area contributed by atoms with Crippen molar-refractivity contribution in [3.63, 3.8) is 0 Å². The van der Waals surface area contributed by atoms with Gasteiger partial charge in [-0.2, -0.15) is 0 Å². The van der Waals surface area contributed by atoms with Gasteiger partial charge in [-0.05, 0) is 31.9 Å². The lowest BCUT2D eigenvalue weighted by molar-refractivity contribution is -0.119. The molecule has 1 fully saturated rings. The molecule has 2 N–H and O–H groups in total. The normalized spacial score (nSPS) is 15.7. The van der Waals surface area contributed by atoms with E-state index < -0.39 is 11.3 Å². The molecule has 5 nitrogen and oxygen atoms in total. The third kappa shape index (κ3) is 4.40.